The van der Waals surface area contributed by atoms with Gasteiger partial charge in [0.15, 0.2) is 0 Å². The molecule has 0 spiro atoms. The first-order valence-corrected chi connectivity index (χ1v) is 6.46. The van der Waals surface area contributed by atoms with Gasteiger partial charge in [-0.3, -0.25) is 4.79 Å². The van der Waals surface area contributed by atoms with Crippen LogP contribution in [0.3, 0.4) is 0 Å². The zero-order valence-corrected chi connectivity index (χ0v) is 10.9. The lowest BCUT2D eigenvalue weighted by Crippen LogP contribution is -2.04. The van der Waals surface area contributed by atoms with E-state index in [4.69, 9.17) is 16.9 Å². The van der Waals surface area contributed by atoms with E-state index in [-0.39, 0.29) is 11.3 Å². The normalized spacial score (nSPS) is 11.8. The van der Waals surface area contributed by atoms with Crippen LogP contribution in [0.5, 0.6) is 0 Å². The Hall–Kier alpha value is -1.31. The van der Waals surface area contributed by atoms with E-state index in [0.29, 0.717) is 16.3 Å². The summed E-state index contributed by atoms with van der Waals surface area (Å²) in [5.41, 5.74) is 0.160. The van der Waals surface area contributed by atoms with Crippen molar-refractivity contribution in [2.75, 3.05) is 0 Å². The molecule has 0 bridgehead atoms. The van der Waals surface area contributed by atoms with Crippen LogP contribution in [0.25, 0.3) is 0 Å². The van der Waals surface area contributed by atoms with Crippen LogP contribution in [-0.4, -0.2) is 10.9 Å². The van der Waals surface area contributed by atoms with Crippen LogP contribution < -0.4 is 0 Å². The van der Waals surface area contributed by atoms with Gasteiger partial charge in [-0.2, -0.15) is 5.26 Å². The minimum atomic E-state index is -0.468. The molecule has 3 nitrogen and oxygen atoms in total. The van der Waals surface area contributed by atoms with Crippen LogP contribution in [-0.2, 0) is 0 Å². The Morgan fingerprint density at radius 2 is 2.35 bits per heavy atom. The number of ketones is 1. The van der Waals surface area contributed by atoms with Crippen LogP contribution in [0, 0.1) is 11.3 Å². The Labute approximate surface area is 109 Å². The summed E-state index contributed by atoms with van der Waals surface area (Å²) in [6.07, 6.45) is 1.99. The minimum Gasteiger partial charge on any atom is -0.511 e. The molecule has 0 fully saturated rings. The van der Waals surface area contributed by atoms with Crippen LogP contribution in [0.4, 0.5) is 0 Å². The number of unbranched alkanes of at least 4 members (excludes halogenated alkanes) is 1. The van der Waals surface area contributed by atoms with Crippen molar-refractivity contribution >= 4 is 28.7 Å². The molecular formula is C12H12ClNO2S. The van der Waals surface area contributed by atoms with Gasteiger partial charge in [-0.25, -0.2) is 0 Å². The SMILES string of the molecule is CCCCC(O)=C(C#N)C(=O)c1csc(Cl)c1. The fourth-order valence-electron chi connectivity index (χ4n) is 1.29. The fraction of sp³-hybridized carbons (Fsp3) is 0.333. The highest BCUT2D eigenvalue weighted by molar-refractivity contribution is 7.14. The number of carbonyl (C=O) groups excluding carboxylic acids is 1. The van der Waals surface area contributed by atoms with E-state index in [2.05, 4.69) is 0 Å². The van der Waals surface area contributed by atoms with Crippen molar-refractivity contribution in [1.82, 2.24) is 0 Å². The number of rotatable bonds is 5. The first kappa shape index (κ1) is 13.8. The summed E-state index contributed by atoms with van der Waals surface area (Å²) >= 11 is 6.94. The maximum absolute atomic E-state index is 11.9. The number of nitriles is 1. The summed E-state index contributed by atoms with van der Waals surface area (Å²) in [6.45, 7) is 1.97. The van der Waals surface area contributed by atoms with Crippen molar-refractivity contribution < 1.29 is 9.90 Å². The van der Waals surface area contributed by atoms with Gasteiger partial charge in [0, 0.05) is 17.4 Å². The van der Waals surface area contributed by atoms with Gasteiger partial charge in [-0.1, -0.05) is 24.9 Å². The molecule has 0 aliphatic carbocycles. The zero-order chi connectivity index (χ0) is 12.8. The molecule has 90 valence electrons. The minimum absolute atomic E-state index is 0.137. The molecule has 0 aliphatic rings. The molecular weight excluding hydrogens is 258 g/mol. The molecule has 0 saturated carbocycles. The molecule has 0 unspecified atom stereocenters. The molecule has 0 aromatic carbocycles. The first-order valence-electron chi connectivity index (χ1n) is 5.21. The summed E-state index contributed by atoms with van der Waals surface area (Å²) in [5.74, 6) is -0.606. The average Bonchev–Trinajstić information content (AvgIpc) is 2.74. The number of Topliss-reactive ketones (excluding diaryl/α,β-unsaturated/α-hetero) is 1. The summed E-state index contributed by atoms with van der Waals surface area (Å²) in [7, 11) is 0. The van der Waals surface area contributed by atoms with Crippen LogP contribution in [0.15, 0.2) is 22.8 Å². The van der Waals surface area contributed by atoms with E-state index in [1.54, 1.807) is 11.4 Å². The molecule has 0 amide bonds. The molecule has 0 radical (unpaired) electrons. The number of nitrogens with zero attached hydrogens (tertiary/aromatic N) is 1. The molecule has 5 heteroatoms. The smallest absolute Gasteiger partial charge is 0.207 e. The lowest BCUT2D eigenvalue weighted by atomic mass is 10.0. The average molecular weight is 270 g/mol. The summed E-state index contributed by atoms with van der Waals surface area (Å²) < 4.78 is 0.485. The number of thiophene rings is 1. The second-order valence-corrected chi connectivity index (χ2v) is 5.05. The fourth-order valence-corrected chi connectivity index (χ4v) is 2.15. The van der Waals surface area contributed by atoms with E-state index in [0.717, 1.165) is 12.8 Å². The lowest BCUT2D eigenvalue weighted by molar-refractivity contribution is 0.103. The predicted molar refractivity (Wildman–Crippen MR) is 68.5 cm³/mol. The second kappa shape index (κ2) is 6.43. The Kier molecular flexibility index (Phi) is 5.20. The number of aliphatic hydroxyl groups is 1. The Balaban J connectivity index is 2.95. The van der Waals surface area contributed by atoms with Gasteiger partial charge in [0.2, 0.25) is 5.78 Å². The van der Waals surface area contributed by atoms with E-state index in [1.165, 1.54) is 17.4 Å². The van der Waals surface area contributed by atoms with Gasteiger partial charge in [0.05, 0.1) is 4.34 Å². The van der Waals surface area contributed by atoms with Gasteiger partial charge >= 0.3 is 0 Å². The van der Waals surface area contributed by atoms with Gasteiger partial charge in [-0.05, 0) is 12.5 Å². The van der Waals surface area contributed by atoms with Gasteiger partial charge in [0.1, 0.15) is 17.4 Å². The summed E-state index contributed by atoms with van der Waals surface area (Å²) in [6, 6.07) is 3.26. The Morgan fingerprint density at radius 3 is 2.82 bits per heavy atom. The van der Waals surface area contributed by atoms with E-state index in [9.17, 15) is 9.90 Å². The topological polar surface area (TPSA) is 61.1 Å². The van der Waals surface area contributed by atoms with Crippen LogP contribution >= 0.6 is 22.9 Å². The molecule has 0 aliphatic heterocycles. The Morgan fingerprint density at radius 1 is 1.65 bits per heavy atom. The third kappa shape index (κ3) is 3.58. The van der Waals surface area contributed by atoms with Gasteiger partial charge in [-0.15, -0.1) is 11.3 Å². The number of hydrogen-bond donors (Lipinski definition) is 1. The lowest BCUT2D eigenvalue weighted by Gasteiger charge is -2.01. The molecule has 17 heavy (non-hydrogen) atoms. The quantitative estimate of drug-likeness (QED) is 0.379. The van der Waals surface area contributed by atoms with Crippen molar-refractivity contribution in [1.29, 1.82) is 5.26 Å². The maximum Gasteiger partial charge on any atom is 0.207 e. The van der Waals surface area contributed by atoms with Crippen LogP contribution in [0.1, 0.15) is 36.5 Å². The van der Waals surface area contributed by atoms with Crippen LogP contribution in [0.2, 0.25) is 4.34 Å². The molecule has 1 rings (SSSR count). The zero-order valence-electron chi connectivity index (χ0n) is 9.36. The number of aliphatic hydroxyl groups excluding tert-OH is 1. The second-order valence-electron chi connectivity index (χ2n) is 3.51. The largest absolute Gasteiger partial charge is 0.511 e. The number of allylic oxidation sites excluding steroid dienone is 2. The molecule has 1 aromatic heterocycles. The number of halogens is 1. The first-order chi connectivity index (χ1) is 8.10. The predicted octanol–water partition coefficient (Wildman–Crippen LogP) is 4.11. The molecule has 0 atom stereocenters. The van der Waals surface area contributed by atoms with Crippen molar-refractivity contribution in [2.45, 2.75) is 26.2 Å². The highest BCUT2D eigenvalue weighted by Crippen LogP contribution is 2.23. The van der Waals surface area contributed by atoms with Crippen molar-refractivity contribution in [2.24, 2.45) is 0 Å². The molecule has 0 saturated heterocycles. The highest BCUT2D eigenvalue weighted by atomic mass is 35.5. The van der Waals surface area contributed by atoms with E-state index >= 15 is 0 Å². The maximum atomic E-state index is 11.9. The molecule has 1 N–H and O–H groups in total. The number of carbonyl (C=O) groups is 1. The third-order valence-corrected chi connectivity index (χ3v) is 3.32. The number of hydrogen-bond acceptors (Lipinski definition) is 4. The van der Waals surface area contributed by atoms with Gasteiger partial charge in [0.25, 0.3) is 0 Å². The van der Waals surface area contributed by atoms with Crippen molar-refractivity contribution in [3.63, 3.8) is 0 Å². The van der Waals surface area contributed by atoms with Crippen molar-refractivity contribution in [3.8, 4) is 6.07 Å². The molecule has 1 heterocycles. The molecule has 1 aromatic rings. The monoisotopic (exact) mass is 269 g/mol. The Bertz CT molecular complexity index is 485. The summed E-state index contributed by atoms with van der Waals surface area (Å²) in [5, 5.41) is 20.2. The van der Waals surface area contributed by atoms with Gasteiger partial charge < -0.3 is 5.11 Å². The standard InChI is InChI=1S/C12H12ClNO2S/c1-2-3-4-10(15)9(6-14)12(16)8-5-11(13)17-7-8/h5,7,15H,2-4H2,1H3. The third-order valence-electron chi connectivity index (χ3n) is 2.22. The highest BCUT2D eigenvalue weighted by Gasteiger charge is 2.18. The van der Waals surface area contributed by atoms with E-state index < -0.39 is 5.78 Å². The summed E-state index contributed by atoms with van der Waals surface area (Å²) in [4.78, 5) is 11.9. The van der Waals surface area contributed by atoms with E-state index in [1.807, 2.05) is 6.92 Å². The van der Waals surface area contributed by atoms with Crippen molar-refractivity contribution in [3.05, 3.63) is 32.7 Å².